The molecule has 0 unspecified atom stereocenters. The summed E-state index contributed by atoms with van der Waals surface area (Å²) in [5, 5.41) is 3.04. The molecule has 0 fully saturated rings. The van der Waals surface area contributed by atoms with Crippen LogP contribution in [-0.4, -0.2) is 50.0 Å². The van der Waals surface area contributed by atoms with Crippen LogP contribution in [-0.2, 0) is 14.3 Å². The van der Waals surface area contributed by atoms with Crippen LogP contribution in [0.3, 0.4) is 0 Å². The number of methoxy groups -OCH3 is 1. The number of esters is 1. The van der Waals surface area contributed by atoms with Crippen LogP contribution in [0.4, 0.5) is 5.69 Å². The molecule has 1 heterocycles. The van der Waals surface area contributed by atoms with Gasteiger partial charge in [-0.15, -0.1) is 0 Å². The van der Waals surface area contributed by atoms with Crippen molar-refractivity contribution in [2.75, 3.05) is 32.6 Å². The minimum atomic E-state index is -0.759. The summed E-state index contributed by atoms with van der Waals surface area (Å²) in [5.74, 6) is -1.34. The van der Waals surface area contributed by atoms with E-state index in [1.54, 1.807) is 12.1 Å². The van der Waals surface area contributed by atoms with Crippen molar-refractivity contribution in [1.82, 2.24) is 4.90 Å². The van der Waals surface area contributed by atoms with Gasteiger partial charge in [-0.3, -0.25) is 9.59 Å². The van der Waals surface area contributed by atoms with Crippen LogP contribution in [0.5, 0.6) is 5.75 Å². The molecule has 26 heavy (non-hydrogen) atoms. The van der Waals surface area contributed by atoms with Gasteiger partial charge >= 0.3 is 5.97 Å². The number of anilines is 1. The van der Waals surface area contributed by atoms with Crippen LogP contribution in [0.1, 0.15) is 10.6 Å². The zero-order valence-corrected chi connectivity index (χ0v) is 14.9. The molecule has 1 aromatic heterocycles. The summed E-state index contributed by atoms with van der Waals surface area (Å²) in [6, 6.07) is 7.71. The van der Waals surface area contributed by atoms with Crippen molar-refractivity contribution >= 4 is 35.1 Å². The Hall–Kier alpha value is -3.00. The topological polar surface area (TPSA) is 98.1 Å². The maximum absolute atomic E-state index is 12.1. The molecule has 0 aliphatic carbocycles. The van der Waals surface area contributed by atoms with E-state index in [4.69, 9.17) is 25.5 Å². The molecule has 0 aliphatic heterocycles. The molecule has 2 amide bonds. The fourth-order valence-corrected chi connectivity index (χ4v) is 2.15. The molecular formula is C17H17ClN2O6. The summed E-state index contributed by atoms with van der Waals surface area (Å²) in [6.07, 6.45) is 1.32. The molecule has 0 spiro atoms. The van der Waals surface area contributed by atoms with E-state index in [0.29, 0.717) is 16.5 Å². The van der Waals surface area contributed by atoms with Gasteiger partial charge in [-0.2, -0.15) is 0 Å². The Balaban J connectivity index is 1.85. The highest BCUT2D eigenvalue weighted by Gasteiger charge is 2.18. The molecule has 0 radical (unpaired) electrons. The Morgan fingerprint density at radius 2 is 2.04 bits per heavy atom. The maximum atomic E-state index is 12.1. The fraction of sp³-hybridized carbons (Fsp3) is 0.235. The summed E-state index contributed by atoms with van der Waals surface area (Å²) in [4.78, 5) is 36.8. The number of amides is 2. The van der Waals surface area contributed by atoms with E-state index in [2.05, 4.69) is 5.32 Å². The van der Waals surface area contributed by atoms with E-state index in [9.17, 15) is 14.4 Å². The smallest absolute Gasteiger partial charge is 0.374 e. The standard InChI is InChI=1S/C17H17ClN2O6/c1-20(16(22)10-26-17(23)14-4-3-7-25-14)9-15(21)19-12-8-11(18)5-6-13(12)24-2/h3-8H,9-10H2,1-2H3,(H,19,21). The summed E-state index contributed by atoms with van der Waals surface area (Å²) >= 11 is 5.90. The Morgan fingerprint density at radius 3 is 2.69 bits per heavy atom. The maximum Gasteiger partial charge on any atom is 0.374 e. The Kier molecular flexibility index (Phi) is 6.62. The third-order valence-corrected chi connectivity index (χ3v) is 3.53. The minimum absolute atomic E-state index is 0.00810. The zero-order chi connectivity index (χ0) is 19.1. The first kappa shape index (κ1) is 19.3. The molecular weight excluding hydrogens is 364 g/mol. The van der Waals surface area contributed by atoms with Crippen LogP contribution in [0.2, 0.25) is 5.02 Å². The summed E-state index contributed by atoms with van der Waals surface area (Å²) in [7, 11) is 2.87. The lowest BCUT2D eigenvalue weighted by Gasteiger charge is -2.17. The second-order valence-electron chi connectivity index (χ2n) is 5.20. The normalized spacial score (nSPS) is 10.1. The number of likely N-dealkylation sites (N-methyl/N-ethyl adjacent to an activating group) is 1. The molecule has 8 nitrogen and oxygen atoms in total. The lowest BCUT2D eigenvalue weighted by molar-refractivity contribution is -0.136. The Labute approximate surface area is 154 Å². The number of halogens is 1. The van der Waals surface area contributed by atoms with Gasteiger partial charge in [0.2, 0.25) is 11.7 Å². The van der Waals surface area contributed by atoms with Gasteiger partial charge in [0.25, 0.3) is 5.91 Å². The molecule has 0 saturated carbocycles. The highest BCUT2D eigenvalue weighted by Crippen LogP contribution is 2.27. The number of rotatable bonds is 7. The summed E-state index contributed by atoms with van der Waals surface area (Å²) in [6.45, 7) is -0.753. The molecule has 9 heteroatoms. The molecule has 1 aromatic carbocycles. The number of carbonyl (C=O) groups is 3. The molecule has 0 bridgehead atoms. The van der Waals surface area contributed by atoms with Crippen LogP contribution in [0.25, 0.3) is 0 Å². The average molecular weight is 381 g/mol. The first-order chi connectivity index (χ1) is 12.4. The van der Waals surface area contributed by atoms with Crippen LogP contribution in [0.15, 0.2) is 41.0 Å². The van der Waals surface area contributed by atoms with Gasteiger partial charge in [0.1, 0.15) is 5.75 Å². The van der Waals surface area contributed by atoms with Gasteiger partial charge in [0.05, 0.1) is 25.6 Å². The molecule has 2 aromatic rings. The third kappa shape index (κ3) is 5.25. The quantitative estimate of drug-likeness (QED) is 0.739. The van der Waals surface area contributed by atoms with E-state index in [0.717, 1.165) is 4.90 Å². The monoisotopic (exact) mass is 380 g/mol. The number of hydrogen-bond donors (Lipinski definition) is 1. The summed E-state index contributed by atoms with van der Waals surface area (Å²) in [5.41, 5.74) is 0.384. The molecule has 138 valence electrons. The van der Waals surface area contributed by atoms with Gasteiger partial charge in [-0.25, -0.2) is 4.79 Å². The van der Waals surface area contributed by atoms with E-state index in [-0.39, 0.29) is 12.3 Å². The van der Waals surface area contributed by atoms with E-state index in [1.807, 2.05) is 0 Å². The van der Waals surface area contributed by atoms with E-state index in [1.165, 1.54) is 38.6 Å². The lowest BCUT2D eigenvalue weighted by atomic mass is 10.3. The van der Waals surface area contributed by atoms with Gasteiger partial charge in [0.15, 0.2) is 6.61 Å². The number of nitrogens with one attached hydrogen (secondary N) is 1. The van der Waals surface area contributed by atoms with E-state index < -0.39 is 24.4 Å². The average Bonchev–Trinajstić information content (AvgIpc) is 3.14. The van der Waals surface area contributed by atoms with Gasteiger partial charge in [-0.1, -0.05) is 11.6 Å². The van der Waals surface area contributed by atoms with Crippen molar-refractivity contribution in [3.05, 3.63) is 47.4 Å². The predicted octanol–water partition coefficient (Wildman–Crippen LogP) is 2.20. The van der Waals surface area contributed by atoms with Crippen molar-refractivity contribution in [2.24, 2.45) is 0 Å². The van der Waals surface area contributed by atoms with Gasteiger partial charge in [0, 0.05) is 12.1 Å². The summed E-state index contributed by atoms with van der Waals surface area (Å²) < 4.78 is 14.8. The Morgan fingerprint density at radius 1 is 1.27 bits per heavy atom. The SMILES string of the molecule is COc1ccc(Cl)cc1NC(=O)CN(C)C(=O)COC(=O)c1ccco1. The first-order valence-corrected chi connectivity index (χ1v) is 7.86. The van der Waals surface area contributed by atoms with Gasteiger partial charge < -0.3 is 24.1 Å². The van der Waals surface area contributed by atoms with Crippen molar-refractivity contribution in [2.45, 2.75) is 0 Å². The van der Waals surface area contributed by atoms with Crippen molar-refractivity contribution < 1.29 is 28.3 Å². The molecule has 0 atom stereocenters. The number of hydrogen-bond acceptors (Lipinski definition) is 6. The number of carbonyl (C=O) groups excluding carboxylic acids is 3. The second-order valence-corrected chi connectivity index (χ2v) is 5.63. The molecule has 1 N–H and O–H groups in total. The van der Waals surface area contributed by atoms with Crippen molar-refractivity contribution in [1.29, 1.82) is 0 Å². The lowest BCUT2D eigenvalue weighted by Crippen LogP contribution is -2.37. The fourth-order valence-electron chi connectivity index (χ4n) is 1.97. The van der Waals surface area contributed by atoms with Crippen LogP contribution >= 0.6 is 11.6 Å². The van der Waals surface area contributed by atoms with Crippen LogP contribution in [0, 0.1) is 0 Å². The first-order valence-electron chi connectivity index (χ1n) is 7.48. The molecule has 0 aliphatic rings. The predicted molar refractivity (Wildman–Crippen MR) is 93.3 cm³/mol. The van der Waals surface area contributed by atoms with Crippen LogP contribution < -0.4 is 10.1 Å². The second kappa shape index (κ2) is 8.91. The minimum Gasteiger partial charge on any atom is -0.495 e. The number of furan rings is 1. The van der Waals surface area contributed by atoms with Gasteiger partial charge in [-0.05, 0) is 30.3 Å². The van der Waals surface area contributed by atoms with E-state index >= 15 is 0 Å². The number of nitrogens with zero attached hydrogens (tertiary/aromatic N) is 1. The zero-order valence-electron chi connectivity index (χ0n) is 14.2. The molecule has 2 rings (SSSR count). The van der Waals surface area contributed by atoms with Crippen molar-refractivity contribution in [3.63, 3.8) is 0 Å². The highest BCUT2D eigenvalue weighted by atomic mass is 35.5. The third-order valence-electron chi connectivity index (χ3n) is 3.29. The van der Waals surface area contributed by atoms with Crippen molar-refractivity contribution in [3.8, 4) is 5.75 Å². The Bertz CT molecular complexity index is 791. The number of benzene rings is 1. The number of ether oxygens (including phenoxy) is 2. The largest absolute Gasteiger partial charge is 0.495 e. The molecule has 0 saturated heterocycles. The highest BCUT2D eigenvalue weighted by molar-refractivity contribution is 6.31.